The summed E-state index contributed by atoms with van der Waals surface area (Å²) >= 11 is 0. The quantitative estimate of drug-likeness (QED) is 0.205. The van der Waals surface area contributed by atoms with E-state index in [0.717, 1.165) is 60.9 Å². The zero-order chi connectivity index (χ0) is 30.6. The lowest BCUT2D eigenvalue weighted by molar-refractivity contribution is 0.660. The Bertz CT molecular complexity index is 2670. The molecule has 0 amide bonds. The van der Waals surface area contributed by atoms with E-state index in [2.05, 4.69) is 158 Å². The minimum Gasteiger partial charge on any atom is -0.455 e. The smallest absolute Gasteiger partial charge is 0.159 e. The van der Waals surface area contributed by atoms with Gasteiger partial charge in [0.25, 0.3) is 0 Å². The minimum absolute atomic E-state index is 0.104. The predicted molar refractivity (Wildman–Crippen MR) is 191 cm³/mol. The fourth-order valence-corrected chi connectivity index (χ4v) is 7.88. The second-order valence-electron chi connectivity index (χ2n) is 12.9. The van der Waals surface area contributed by atoms with Crippen LogP contribution in [0.1, 0.15) is 25.0 Å². The largest absolute Gasteiger partial charge is 0.455 e. The molecule has 0 saturated heterocycles. The van der Waals surface area contributed by atoms with Gasteiger partial charge in [-0.25, -0.2) is 0 Å². The number of rotatable bonds is 3. The number of para-hydroxylation sites is 2. The molecular weight excluding hydrogens is 562 g/mol. The summed E-state index contributed by atoms with van der Waals surface area (Å²) in [4.78, 5) is 2.33. The normalized spacial score (nSPS) is 13.6. The fraction of sp³-hybridized carbons (Fsp3) is 0.0698. The van der Waals surface area contributed by atoms with Gasteiger partial charge in [-0.05, 0) is 81.6 Å². The molecule has 7 aromatic carbocycles. The van der Waals surface area contributed by atoms with Crippen molar-refractivity contribution in [1.82, 2.24) is 0 Å². The summed E-state index contributed by atoms with van der Waals surface area (Å²) in [6, 6.07) is 49.7. The Morgan fingerprint density at radius 1 is 0.478 bits per heavy atom. The van der Waals surface area contributed by atoms with Crippen LogP contribution in [-0.2, 0) is 5.41 Å². The Kier molecular flexibility index (Phi) is 5.06. The molecule has 0 saturated carbocycles. The molecule has 10 rings (SSSR count). The van der Waals surface area contributed by atoms with Gasteiger partial charge in [0.2, 0.25) is 0 Å². The van der Waals surface area contributed by atoms with Gasteiger partial charge in [0, 0.05) is 32.9 Å². The molecule has 3 nitrogen and oxygen atoms in total. The Hall–Kier alpha value is -5.80. The van der Waals surface area contributed by atoms with Crippen LogP contribution in [0.5, 0.6) is 0 Å². The van der Waals surface area contributed by atoms with E-state index in [0.29, 0.717) is 0 Å². The second-order valence-corrected chi connectivity index (χ2v) is 12.9. The van der Waals surface area contributed by atoms with Gasteiger partial charge >= 0.3 is 0 Å². The summed E-state index contributed by atoms with van der Waals surface area (Å²) in [5, 5.41) is 6.70. The first-order chi connectivity index (χ1) is 22.6. The summed E-state index contributed by atoms with van der Waals surface area (Å²) in [5.41, 5.74) is 11.8. The van der Waals surface area contributed by atoms with Crippen LogP contribution in [0.15, 0.2) is 148 Å². The van der Waals surface area contributed by atoms with Gasteiger partial charge in [-0.2, -0.15) is 0 Å². The van der Waals surface area contributed by atoms with Crippen LogP contribution in [-0.4, -0.2) is 0 Å². The van der Waals surface area contributed by atoms with Crippen LogP contribution < -0.4 is 4.90 Å². The Morgan fingerprint density at radius 2 is 1.17 bits per heavy atom. The molecule has 0 radical (unpaired) electrons. The summed E-state index contributed by atoms with van der Waals surface area (Å²) in [5.74, 6) is 0. The molecule has 0 aliphatic heterocycles. The molecule has 2 heterocycles. The lowest BCUT2D eigenvalue weighted by Crippen LogP contribution is -2.16. The lowest BCUT2D eigenvalue weighted by atomic mass is 9.82. The van der Waals surface area contributed by atoms with Gasteiger partial charge in [0.15, 0.2) is 5.58 Å². The molecule has 9 aromatic rings. The van der Waals surface area contributed by atoms with Crippen molar-refractivity contribution in [3.63, 3.8) is 0 Å². The molecule has 0 atom stereocenters. The van der Waals surface area contributed by atoms with Gasteiger partial charge < -0.3 is 13.7 Å². The lowest BCUT2D eigenvalue weighted by Gasteiger charge is -2.28. The number of furan rings is 2. The Labute approximate surface area is 265 Å². The first-order valence-electron chi connectivity index (χ1n) is 15.9. The van der Waals surface area contributed by atoms with Gasteiger partial charge in [0.05, 0.1) is 11.1 Å². The maximum Gasteiger partial charge on any atom is 0.159 e. The van der Waals surface area contributed by atoms with Crippen molar-refractivity contribution in [2.24, 2.45) is 0 Å². The van der Waals surface area contributed by atoms with Gasteiger partial charge in [-0.1, -0.05) is 105 Å². The highest BCUT2D eigenvalue weighted by atomic mass is 16.3. The first kappa shape index (κ1) is 25.5. The maximum atomic E-state index is 6.78. The molecule has 2 aromatic heterocycles. The van der Waals surface area contributed by atoms with Gasteiger partial charge in [-0.15, -0.1) is 0 Å². The highest BCUT2D eigenvalue weighted by Crippen LogP contribution is 2.51. The van der Waals surface area contributed by atoms with Crippen molar-refractivity contribution in [1.29, 1.82) is 0 Å². The third-order valence-corrected chi connectivity index (χ3v) is 10.0. The van der Waals surface area contributed by atoms with Crippen molar-refractivity contribution >= 4 is 71.7 Å². The van der Waals surface area contributed by atoms with E-state index >= 15 is 0 Å². The second kappa shape index (κ2) is 9.12. The number of hydrogen-bond acceptors (Lipinski definition) is 3. The number of hydrogen-bond donors (Lipinski definition) is 0. The molecule has 0 spiro atoms. The van der Waals surface area contributed by atoms with E-state index in [1.165, 1.54) is 33.0 Å². The molecular formula is C43H29NO2. The summed E-state index contributed by atoms with van der Waals surface area (Å²) in [6.07, 6.45) is 0. The Balaban J connectivity index is 1.23. The Morgan fingerprint density at radius 3 is 2.09 bits per heavy atom. The summed E-state index contributed by atoms with van der Waals surface area (Å²) in [6.45, 7) is 4.66. The van der Waals surface area contributed by atoms with Crippen molar-refractivity contribution in [2.75, 3.05) is 4.90 Å². The van der Waals surface area contributed by atoms with Crippen molar-refractivity contribution in [3.05, 3.63) is 151 Å². The van der Waals surface area contributed by atoms with Crippen molar-refractivity contribution in [3.8, 4) is 11.1 Å². The van der Waals surface area contributed by atoms with E-state index in [-0.39, 0.29) is 5.41 Å². The van der Waals surface area contributed by atoms with Crippen molar-refractivity contribution in [2.45, 2.75) is 19.3 Å². The molecule has 0 fully saturated rings. The molecule has 1 aliphatic rings. The van der Waals surface area contributed by atoms with Crippen LogP contribution in [0.2, 0.25) is 0 Å². The highest BCUT2D eigenvalue weighted by molar-refractivity contribution is 6.27. The van der Waals surface area contributed by atoms with E-state index in [1.54, 1.807) is 0 Å². The van der Waals surface area contributed by atoms with Crippen LogP contribution in [0.3, 0.4) is 0 Å². The number of nitrogens with zero attached hydrogens (tertiary/aromatic N) is 1. The topological polar surface area (TPSA) is 29.5 Å². The zero-order valence-corrected chi connectivity index (χ0v) is 25.5. The molecule has 46 heavy (non-hydrogen) atoms. The maximum absolute atomic E-state index is 6.78. The summed E-state index contributed by atoms with van der Waals surface area (Å²) in [7, 11) is 0. The average Bonchev–Trinajstić information content (AvgIpc) is 3.74. The third-order valence-electron chi connectivity index (χ3n) is 10.0. The number of benzene rings is 7. The highest BCUT2D eigenvalue weighted by Gasteiger charge is 2.36. The van der Waals surface area contributed by atoms with Crippen LogP contribution in [0.4, 0.5) is 17.1 Å². The SMILES string of the molecule is CC1(C)c2ccccc2-c2ccc(N(c3ccccc3)c3cccc4c3oc3ccc5c(oc6ccc7ccccc7c65)c34)cc21. The van der Waals surface area contributed by atoms with Gasteiger partial charge in [0.1, 0.15) is 16.7 Å². The predicted octanol–water partition coefficient (Wildman–Crippen LogP) is 12.4. The van der Waals surface area contributed by atoms with E-state index in [9.17, 15) is 0 Å². The first-order valence-corrected chi connectivity index (χ1v) is 15.9. The molecule has 0 N–H and O–H groups in total. The monoisotopic (exact) mass is 591 g/mol. The number of fused-ring (bicyclic) bond motifs is 12. The summed E-state index contributed by atoms with van der Waals surface area (Å²) < 4.78 is 13.4. The van der Waals surface area contributed by atoms with Crippen LogP contribution >= 0.6 is 0 Å². The van der Waals surface area contributed by atoms with Crippen LogP contribution in [0, 0.1) is 0 Å². The molecule has 3 heteroatoms. The van der Waals surface area contributed by atoms with Crippen LogP contribution in [0.25, 0.3) is 65.8 Å². The van der Waals surface area contributed by atoms with E-state index < -0.39 is 0 Å². The average molecular weight is 592 g/mol. The molecule has 0 bridgehead atoms. The minimum atomic E-state index is -0.104. The third kappa shape index (κ3) is 3.37. The zero-order valence-electron chi connectivity index (χ0n) is 25.5. The van der Waals surface area contributed by atoms with Gasteiger partial charge in [-0.3, -0.25) is 0 Å². The standard InChI is InChI=1S/C43H29NO2/c1-43(2)34-17-9-8-15-30(34)31-21-20-28(25-35(31)43)44(27-12-4-3-5-13-27)36-18-10-16-32-40-38(45-41(32)36)24-22-33-39-29-14-7-6-11-26(29)19-23-37(39)46-42(33)40/h3-25H,1-2H3. The molecule has 0 unspecified atom stereocenters. The fourth-order valence-electron chi connectivity index (χ4n) is 7.88. The molecule has 1 aliphatic carbocycles. The number of anilines is 3. The van der Waals surface area contributed by atoms with Crippen molar-refractivity contribution < 1.29 is 8.83 Å². The molecule has 218 valence electrons. The van der Waals surface area contributed by atoms with E-state index in [4.69, 9.17) is 8.83 Å². The van der Waals surface area contributed by atoms with E-state index in [1.807, 2.05) is 0 Å².